The van der Waals surface area contributed by atoms with Gasteiger partial charge in [0.1, 0.15) is 0 Å². The molecule has 0 amide bonds. The van der Waals surface area contributed by atoms with Gasteiger partial charge in [0.05, 0.1) is 12.7 Å². The first-order valence-corrected chi connectivity index (χ1v) is 6.12. The maximum absolute atomic E-state index is 5.86. The van der Waals surface area contributed by atoms with Crippen LogP contribution in [0, 0.1) is 0 Å². The average molecular weight is 235 g/mol. The molecule has 0 spiro atoms. The molecule has 0 unspecified atom stereocenters. The summed E-state index contributed by atoms with van der Waals surface area (Å²) in [5, 5.41) is 3.43. The van der Waals surface area contributed by atoms with E-state index in [0.29, 0.717) is 6.61 Å². The molecule has 1 saturated heterocycles. The van der Waals surface area contributed by atoms with Crippen LogP contribution in [0.5, 0.6) is 0 Å². The van der Waals surface area contributed by atoms with Gasteiger partial charge in [-0.15, -0.1) is 0 Å². The zero-order chi connectivity index (χ0) is 12.3. The van der Waals surface area contributed by atoms with E-state index in [9.17, 15) is 0 Å². The molecule has 1 fully saturated rings. The molecule has 2 rings (SSSR count). The molecule has 1 aliphatic heterocycles. The van der Waals surface area contributed by atoms with Gasteiger partial charge in [-0.25, -0.2) is 0 Å². The molecular formula is C14H21NO2. The summed E-state index contributed by atoms with van der Waals surface area (Å²) in [6.45, 7) is 7.93. The van der Waals surface area contributed by atoms with E-state index in [0.717, 1.165) is 12.1 Å². The highest BCUT2D eigenvalue weighted by Gasteiger charge is 2.27. The summed E-state index contributed by atoms with van der Waals surface area (Å²) in [7, 11) is 0. The maximum atomic E-state index is 5.86. The lowest BCUT2D eigenvalue weighted by molar-refractivity contribution is -0.0602. The summed E-state index contributed by atoms with van der Waals surface area (Å²) in [6, 6.07) is 10.1. The molecular weight excluding hydrogens is 214 g/mol. The summed E-state index contributed by atoms with van der Waals surface area (Å²) in [5.41, 5.74) is 1.21. The van der Waals surface area contributed by atoms with Gasteiger partial charge in [0.25, 0.3) is 0 Å². The summed E-state index contributed by atoms with van der Waals surface area (Å²) in [6.07, 6.45) is -0.0672. The molecule has 0 aliphatic carbocycles. The standard InChI is InChI=1S/C14H21NO2/c1-14(2,3)15-9-12-10-16-13(17-12)11-7-5-4-6-8-11/h4-8,12-13,15H,9-10H2,1-3H3/t12-,13+/m0/s1. The topological polar surface area (TPSA) is 30.5 Å². The van der Waals surface area contributed by atoms with Crippen LogP contribution in [-0.2, 0) is 9.47 Å². The summed E-state index contributed by atoms with van der Waals surface area (Å²) in [5.74, 6) is 0. The minimum absolute atomic E-state index is 0.119. The van der Waals surface area contributed by atoms with Gasteiger partial charge >= 0.3 is 0 Å². The van der Waals surface area contributed by atoms with Crippen LogP contribution in [-0.4, -0.2) is 24.8 Å². The molecule has 0 radical (unpaired) electrons. The van der Waals surface area contributed by atoms with Crippen LogP contribution < -0.4 is 5.32 Å². The third kappa shape index (κ3) is 3.80. The van der Waals surface area contributed by atoms with E-state index in [1.165, 1.54) is 0 Å². The van der Waals surface area contributed by atoms with E-state index < -0.39 is 0 Å². The first-order valence-electron chi connectivity index (χ1n) is 6.12. The van der Waals surface area contributed by atoms with Gasteiger partial charge in [-0.1, -0.05) is 30.3 Å². The molecule has 1 N–H and O–H groups in total. The average Bonchev–Trinajstić information content (AvgIpc) is 2.75. The van der Waals surface area contributed by atoms with Gasteiger partial charge in [0, 0.05) is 17.6 Å². The highest BCUT2D eigenvalue weighted by Crippen LogP contribution is 2.26. The van der Waals surface area contributed by atoms with Crippen molar-refractivity contribution < 1.29 is 9.47 Å². The second kappa shape index (κ2) is 5.17. The van der Waals surface area contributed by atoms with Gasteiger partial charge in [-0.3, -0.25) is 0 Å². The van der Waals surface area contributed by atoms with Gasteiger partial charge < -0.3 is 14.8 Å². The van der Waals surface area contributed by atoms with Crippen molar-refractivity contribution in [1.82, 2.24) is 5.32 Å². The number of hydrogen-bond acceptors (Lipinski definition) is 3. The zero-order valence-electron chi connectivity index (χ0n) is 10.8. The Bertz CT molecular complexity index is 345. The van der Waals surface area contributed by atoms with Crippen LogP contribution in [0.1, 0.15) is 32.6 Å². The Hall–Kier alpha value is -0.900. The molecule has 0 saturated carbocycles. The summed E-state index contributed by atoms with van der Waals surface area (Å²) < 4.78 is 11.5. The predicted octanol–water partition coefficient (Wildman–Crippen LogP) is 2.49. The van der Waals surface area contributed by atoms with Crippen molar-refractivity contribution in [3.63, 3.8) is 0 Å². The fourth-order valence-electron chi connectivity index (χ4n) is 1.76. The first kappa shape index (κ1) is 12.6. The van der Waals surface area contributed by atoms with Gasteiger partial charge in [-0.05, 0) is 20.8 Å². The normalized spacial score (nSPS) is 25.1. The molecule has 3 heteroatoms. The van der Waals surface area contributed by atoms with Crippen molar-refractivity contribution in [3.05, 3.63) is 35.9 Å². The van der Waals surface area contributed by atoms with E-state index in [2.05, 4.69) is 26.1 Å². The third-order valence-electron chi connectivity index (χ3n) is 2.68. The van der Waals surface area contributed by atoms with E-state index in [1.807, 2.05) is 30.3 Å². The Kier molecular flexibility index (Phi) is 3.82. The number of ether oxygens (including phenoxy) is 2. The lowest BCUT2D eigenvalue weighted by atomic mass is 10.1. The molecule has 1 aromatic carbocycles. The van der Waals surface area contributed by atoms with Gasteiger partial charge in [0.2, 0.25) is 0 Å². The fraction of sp³-hybridized carbons (Fsp3) is 0.571. The minimum Gasteiger partial charge on any atom is -0.346 e. The fourth-order valence-corrected chi connectivity index (χ4v) is 1.76. The van der Waals surface area contributed by atoms with E-state index in [1.54, 1.807) is 0 Å². The monoisotopic (exact) mass is 235 g/mol. The molecule has 2 atom stereocenters. The van der Waals surface area contributed by atoms with Crippen molar-refractivity contribution in [2.75, 3.05) is 13.2 Å². The molecule has 94 valence electrons. The Morgan fingerprint density at radius 3 is 2.59 bits per heavy atom. The van der Waals surface area contributed by atoms with Gasteiger partial charge in [-0.2, -0.15) is 0 Å². The van der Waals surface area contributed by atoms with Crippen molar-refractivity contribution >= 4 is 0 Å². The summed E-state index contributed by atoms with van der Waals surface area (Å²) in [4.78, 5) is 0. The molecule has 17 heavy (non-hydrogen) atoms. The van der Waals surface area contributed by atoms with E-state index in [-0.39, 0.29) is 17.9 Å². The number of rotatable bonds is 3. The minimum atomic E-state index is -0.206. The lowest BCUT2D eigenvalue weighted by Crippen LogP contribution is -2.41. The number of hydrogen-bond donors (Lipinski definition) is 1. The molecule has 0 aromatic heterocycles. The lowest BCUT2D eigenvalue weighted by Gasteiger charge is -2.22. The van der Waals surface area contributed by atoms with E-state index in [4.69, 9.17) is 9.47 Å². The van der Waals surface area contributed by atoms with Crippen molar-refractivity contribution in [2.45, 2.75) is 38.7 Å². The van der Waals surface area contributed by atoms with E-state index >= 15 is 0 Å². The van der Waals surface area contributed by atoms with Crippen LogP contribution in [0.25, 0.3) is 0 Å². The molecule has 0 bridgehead atoms. The van der Waals surface area contributed by atoms with Crippen LogP contribution >= 0.6 is 0 Å². The zero-order valence-corrected chi connectivity index (χ0v) is 10.8. The Morgan fingerprint density at radius 1 is 1.24 bits per heavy atom. The SMILES string of the molecule is CC(C)(C)NC[C@H]1CO[C@@H](c2ccccc2)O1. The number of nitrogens with one attached hydrogen (secondary N) is 1. The summed E-state index contributed by atoms with van der Waals surface area (Å²) >= 11 is 0. The van der Waals surface area contributed by atoms with Crippen LogP contribution in [0.4, 0.5) is 0 Å². The second-order valence-electron chi connectivity index (χ2n) is 5.46. The quantitative estimate of drug-likeness (QED) is 0.873. The Labute approximate surface area is 103 Å². The first-order chi connectivity index (χ1) is 8.04. The molecule has 1 aliphatic rings. The highest BCUT2D eigenvalue weighted by molar-refractivity contribution is 5.16. The van der Waals surface area contributed by atoms with Crippen LogP contribution in [0.15, 0.2) is 30.3 Å². The van der Waals surface area contributed by atoms with Crippen LogP contribution in [0.3, 0.4) is 0 Å². The van der Waals surface area contributed by atoms with Crippen LogP contribution in [0.2, 0.25) is 0 Å². The van der Waals surface area contributed by atoms with Crippen molar-refractivity contribution in [2.24, 2.45) is 0 Å². The Balaban J connectivity index is 1.84. The Morgan fingerprint density at radius 2 is 1.94 bits per heavy atom. The predicted molar refractivity (Wildman–Crippen MR) is 67.8 cm³/mol. The molecule has 3 nitrogen and oxygen atoms in total. The van der Waals surface area contributed by atoms with Gasteiger partial charge in [0.15, 0.2) is 6.29 Å². The van der Waals surface area contributed by atoms with Crippen molar-refractivity contribution in [3.8, 4) is 0 Å². The second-order valence-corrected chi connectivity index (χ2v) is 5.46. The highest BCUT2D eigenvalue weighted by atomic mass is 16.7. The maximum Gasteiger partial charge on any atom is 0.184 e. The molecule has 1 aromatic rings. The largest absolute Gasteiger partial charge is 0.346 e. The smallest absolute Gasteiger partial charge is 0.184 e. The molecule has 1 heterocycles. The number of benzene rings is 1. The third-order valence-corrected chi connectivity index (χ3v) is 2.68. The van der Waals surface area contributed by atoms with Crippen molar-refractivity contribution in [1.29, 1.82) is 0 Å².